The second kappa shape index (κ2) is 8.60. The van der Waals surface area contributed by atoms with E-state index in [9.17, 15) is 4.79 Å². The molecule has 1 N–H and O–H groups in total. The molecular weight excluding hydrogens is 306 g/mol. The van der Waals surface area contributed by atoms with Crippen molar-refractivity contribution in [3.8, 4) is 0 Å². The van der Waals surface area contributed by atoms with Crippen LogP contribution in [-0.2, 0) is 25.6 Å². The van der Waals surface area contributed by atoms with Crippen LogP contribution >= 0.6 is 0 Å². The normalized spacial score (nSPS) is 27.5. The molecule has 1 aromatic carbocycles. The molecule has 0 amide bonds. The molecule has 0 spiro atoms. The van der Waals surface area contributed by atoms with Gasteiger partial charge < -0.3 is 19.5 Å². The number of esters is 1. The number of epoxide rings is 1. The molecule has 1 aromatic rings. The third-order valence-electron chi connectivity index (χ3n) is 4.89. The first-order valence-electron chi connectivity index (χ1n) is 8.88. The summed E-state index contributed by atoms with van der Waals surface area (Å²) in [7, 11) is 1.46. The molecule has 0 radical (unpaired) electrons. The monoisotopic (exact) mass is 333 g/mol. The molecule has 0 unspecified atom stereocenters. The van der Waals surface area contributed by atoms with Crippen LogP contribution in [0.2, 0.25) is 0 Å². The van der Waals surface area contributed by atoms with E-state index in [2.05, 4.69) is 17.4 Å². The minimum atomic E-state index is -0.200. The fraction of sp³-hybridized carbons (Fsp3) is 0.632. The van der Waals surface area contributed by atoms with Gasteiger partial charge in [-0.05, 0) is 31.4 Å². The van der Waals surface area contributed by atoms with Crippen molar-refractivity contribution >= 4 is 5.97 Å². The molecule has 2 heterocycles. The van der Waals surface area contributed by atoms with E-state index in [0.717, 1.165) is 25.8 Å². The third kappa shape index (κ3) is 4.56. The molecule has 3 rings (SSSR count). The predicted molar refractivity (Wildman–Crippen MR) is 90.5 cm³/mol. The topological polar surface area (TPSA) is 60.1 Å². The van der Waals surface area contributed by atoms with Crippen molar-refractivity contribution in [2.45, 2.75) is 50.5 Å². The van der Waals surface area contributed by atoms with Gasteiger partial charge in [0, 0.05) is 12.6 Å². The van der Waals surface area contributed by atoms with E-state index >= 15 is 0 Å². The van der Waals surface area contributed by atoms with E-state index < -0.39 is 0 Å². The minimum absolute atomic E-state index is 0.0339. The lowest BCUT2D eigenvalue weighted by molar-refractivity contribution is -0.147. The Labute approximate surface area is 143 Å². The molecule has 0 bridgehead atoms. The van der Waals surface area contributed by atoms with Gasteiger partial charge in [0.1, 0.15) is 5.92 Å². The van der Waals surface area contributed by atoms with Gasteiger partial charge in [-0.15, -0.1) is 0 Å². The molecular formula is C19H27NO4. The van der Waals surface area contributed by atoms with Crippen LogP contribution in [0.4, 0.5) is 0 Å². The highest BCUT2D eigenvalue weighted by Gasteiger charge is 2.51. The van der Waals surface area contributed by atoms with Gasteiger partial charge in [-0.2, -0.15) is 0 Å². The van der Waals surface area contributed by atoms with Crippen LogP contribution in [-0.4, -0.2) is 44.5 Å². The third-order valence-corrected chi connectivity index (χ3v) is 4.89. The van der Waals surface area contributed by atoms with Gasteiger partial charge in [-0.3, -0.25) is 4.79 Å². The van der Waals surface area contributed by atoms with Crippen molar-refractivity contribution in [3.63, 3.8) is 0 Å². The highest BCUT2D eigenvalue weighted by Crippen LogP contribution is 2.36. The molecule has 2 fully saturated rings. The number of ether oxygens (including phenoxy) is 3. The zero-order chi connectivity index (χ0) is 16.8. The second-order valence-corrected chi connectivity index (χ2v) is 6.57. The largest absolute Gasteiger partial charge is 0.469 e. The summed E-state index contributed by atoms with van der Waals surface area (Å²) >= 11 is 0. The highest BCUT2D eigenvalue weighted by molar-refractivity contribution is 5.74. The molecule has 24 heavy (non-hydrogen) atoms. The van der Waals surface area contributed by atoms with Gasteiger partial charge in [-0.1, -0.05) is 36.8 Å². The van der Waals surface area contributed by atoms with Crippen molar-refractivity contribution in [2.24, 2.45) is 5.92 Å². The lowest BCUT2D eigenvalue weighted by atomic mass is 9.88. The number of methoxy groups -OCH3 is 1. The molecule has 2 aliphatic heterocycles. The predicted octanol–water partition coefficient (Wildman–Crippen LogP) is 2.29. The van der Waals surface area contributed by atoms with E-state index in [1.807, 2.05) is 18.2 Å². The van der Waals surface area contributed by atoms with Gasteiger partial charge in [0.25, 0.3) is 0 Å². The van der Waals surface area contributed by atoms with Gasteiger partial charge >= 0.3 is 5.97 Å². The average Bonchev–Trinajstić information content (AvgIpc) is 3.39. The molecule has 0 aliphatic carbocycles. The van der Waals surface area contributed by atoms with Crippen LogP contribution in [0.25, 0.3) is 0 Å². The summed E-state index contributed by atoms with van der Waals surface area (Å²) in [6, 6.07) is 10.3. The quantitative estimate of drug-likeness (QED) is 0.449. The maximum absolute atomic E-state index is 12.2. The Morgan fingerprint density at radius 3 is 2.88 bits per heavy atom. The zero-order valence-corrected chi connectivity index (χ0v) is 14.3. The summed E-state index contributed by atoms with van der Waals surface area (Å²) in [5.41, 5.74) is 1.17. The summed E-state index contributed by atoms with van der Waals surface area (Å²) < 4.78 is 16.5. The van der Waals surface area contributed by atoms with Crippen LogP contribution in [0.15, 0.2) is 30.3 Å². The molecule has 5 nitrogen and oxygen atoms in total. The van der Waals surface area contributed by atoms with Crippen LogP contribution in [0.3, 0.4) is 0 Å². The SMILES string of the molecule is COC(=O)[C@H]([C@@H]1O[C@@H]1CCOCc1ccccc1)[C@H]1CCCCN1. The molecule has 0 aromatic heterocycles. The fourth-order valence-corrected chi connectivity index (χ4v) is 3.52. The molecule has 2 saturated heterocycles. The summed E-state index contributed by atoms with van der Waals surface area (Å²) in [5.74, 6) is -0.360. The first kappa shape index (κ1) is 17.4. The minimum Gasteiger partial charge on any atom is -0.469 e. The summed E-state index contributed by atoms with van der Waals surface area (Å²) in [4.78, 5) is 12.2. The maximum atomic E-state index is 12.2. The molecule has 2 aliphatic rings. The molecule has 5 heteroatoms. The molecule has 4 atom stereocenters. The Kier molecular flexibility index (Phi) is 6.24. The van der Waals surface area contributed by atoms with Crippen molar-refractivity contribution < 1.29 is 19.0 Å². The molecule has 0 saturated carbocycles. The van der Waals surface area contributed by atoms with Crippen molar-refractivity contribution in [3.05, 3.63) is 35.9 Å². The number of rotatable bonds is 8. The number of carbonyl (C=O) groups excluding carboxylic acids is 1. The summed E-state index contributed by atoms with van der Waals surface area (Å²) in [6.45, 7) is 2.22. The lowest BCUT2D eigenvalue weighted by Gasteiger charge is -2.28. The van der Waals surface area contributed by atoms with E-state index in [0.29, 0.717) is 13.2 Å². The first-order valence-corrected chi connectivity index (χ1v) is 8.88. The van der Waals surface area contributed by atoms with E-state index in [1.165, 1.54) is 19.1 Å². The van der Waals surface area contributed by atoms with Gasteiger partial charge in [0.05, 0.1) is 25.9 Å². The van der Waals surface area contributed by atoms with E-state index in [1.54, 1.807) is 0 Å². The van der Waals surface area contributed by atoms with Crippen molar-refractivity contribution in [1.29, 1.82) is 0 Å². The second-order valence-electron chi connectivity index (χ2n) is 6.57. The Morgan fingerprint density at radius 1 is 1.33 bits per heavy atom. The van der Waals surface area contributed by atoms with Crippen molar-refractivity contribution in [2.75, 3.05) is 20.3 Å². The fourth-order valence-electron chi connectivity index (χ4n) is 3.52. The highest BCUT2D eigenvalue weighted by atomic mass is 16.6. The number of benzene rings is 1. The number of carbonyl (C=O) groups is 1. The number of piperidine rings is 1. The Morgan fingerprint density at radius 2 is 2.17 bits per heavy atom. The van der Waals surface area contributed by atoms with E-state index in [-0.39, 0.29) is 30.1 Å². The average molecular weight is 333 g/mol. The number of nitrogens with one attached hydrogen (secondary N) is 1. The van der Waals surface area contributed by atoms with Crippen LogP contribution in [0.1, 0.15) is 31.2 Å². The first-order chi connectivity index (χ1) is 11.8. The number of hydrogen-bond donors (Lipinski definition) is 1. The Balaban J connectivity index is 1.42. The van der Waals surface area contributed by atoms with E-state index in [4.69, 9.17) is 14.2 Å². The van der Waals surface area contributed by atoms with Crippen LogP contribution in [0.5, 0.6) is 0 Å². The summed E-state index contributed by atoms with van der Waals surface area (Å²) in [6.07, 6.45) is 4.23. The Bertz CT molecular complexity index is 515. The Hall–Kier alpha value is -1.43. The summed E-state index contributed by atoms with van der Waals surface area (Å²) in [5, 5.41) is 3.45. The number of hydrogen-bond acceptors (Lipinski definition) is 5. The van der Waals surface area contributed by atoms with Crippen LogP contribution < -0.4 is 5.32 Å². The van der Waals surface area contributed by atoms with Gasteiger partial charge in [0.15, 0.2) is 0 Å². The van der Waals surface area contributed by atoms with Crippen molar-refractivity contribution in [1.82, 2.24) is 5.32 Å². The molecule has 132 valence electrons. The standard InChI is InChI=1S/C19H27NO4/c1-22-19(21)17(15-9-5-6-11-20-15)18-16(24-18)10-12-23-13-14-7-3-2-4-8-14/h2-4,7-8,15-18,20H,5-6,9-13H2,1H3/t15-,16-,17+,18-/m1/s1. The smallest absolute Gasteiger partial charge is 0.313 e. The zero-order valence-electron chi connectivity index (χ0n) is 14.3. The van der Waals surface area contributed by atoms with Gasteiger partial charge in [0.2, 0.25) is 0 Å². The van der Waals surface area contributed by atoms with Crippen LogP contribution in [0, 0.1) is 5.92 Å². The van der Waals surface area contributed by atoms with Gasteiger partial charge in [-0.25, -0.2) is 0 Å². The lowest BCUT2D eigenvalue weighted by Crippen LogP contribution is -2.46. The maximum Gasteiger partial charge on any atom is 0.313 e.